The van der Waals surface area contributed by atoms with Crippen LogP contribution in [0, 0.1) is 0 Å². The smallest absolute Gasteiger partial charge is 0.387 e. The van der Waals surface area contributed by atoms with E-state index in [0.717, 1.165) is 70.6 Å². The molecular formula is C33H62N2O6P+. The van der Waals surface area contributed by atoms with E-state index in [4.69, 9.17) is 9.05 Å². The van der Waals surface area contributed by atoms with Gasteiger partial charge in [-0.2, -0.15) is 0 Å². The van der Waals surface area contributed by atoms with Gasteiger partial charge in [0.15, 0.2) is 0 Å². The molecule has 0 aromatic carbocycles. The minimum atomic E-state index is -4.33. The summed E-state index contributed by atoms with van der Waals surface area (Å²) in [5.74, 6) is -0.214. The van der Waals surface area contributed by atoms with Gasteiger partial charge < -0.3 is 19.8 Å². The molecule has 8 nitrogen and oxygen atoms in total. The van der Waals surface area contributed by atoms with Crippen molar-refractivity contribution < 1.29 is 32.9 Å². The van der Waals surface area contributed by atoms with Crippen molar-refractivity contribution in [2.45, 2.75) is 116 Å². The Bertz CT molecular complexity index is 835. The average molecular weight is 614 g/mol. The molecule has 0 fully saturated rings. The van der Waals surface area contributed by atoms with E-state index in [1.54, 1.807) is 6.08 Å². The van der Waals surface area contributed by atoms with Crippen molar-refractivity contribution in [2.24, 2.45) is 0 Å². The van der Waals surface area contributed by atoms with Crippen molar-refractivity contribution >= 4 is 13.7 Å². The zero-order valence-electron chi connectivity index (χ0n) is 27.2. The molecule has 0 spiro atoms. The Morgan fingerprint density at radius 2 is 1.38 bits per heavy atom. The van der Waals surface area contributed by atoms with E-state index in [2.05, 4.69) is 55.6 Å². The van der Waals surface area contributed by atoms with Gasteiger partial charge in [0.05, 0.1) is 39.9 Å². The van der Waals surface area contributed by atoms with Crippen LogP contribution in [0.4, 0.5) is 0 Å². The van der Waals surface area contributed by atoms with Gasteiger partial charge >= 0.3 is 7.82 Å². The number of unbranched alkanes of at least 4 members (excludes halogenated alkanes) is 8. The second-order valence-electron chi connectivity index (χ2n) is 11.8. The lowest BCUT2D eigenvalue weighted by Gasteiger charge is -2.25. The maximum atomic E-state index is 12.7. The Morgan fingerprint density at radius 3 is 2.00 bits per heavy atom. The fourth-order valence-corrected chi connectivity index (χ4v) is 4.62. The Kier molecular flexibility index (Phi) is 25.0. The zero-order chi connectivity index (χ0) is 31.5. The number of rotatable bonds is 27. The number of phosphoric ester groups is 1. The van der Waals surface area contributed by atoms with Gasteiger partial charge in [0.25, 0.3) is 0 Å². The monoisotopic (exact) mass is 613 g/mol. The van der Waals surface area contributed by atoms with Crippen LogP contribution in [0.2, 0.25) is 0 Å². The summed E-state index contributed by atoms with van der Waals surface area (Å²) >= 11 is 0. The SMILES string of the molecule is CC/C=C/CC/C=C/CC/C=C/C(O)C(COP(=O)(O)OCC[N+](C)(C)C)NC(=O)CCCCCC/C=C\CCCC. The van der Waals surface area contributed by atoms with Crippen LogP contribution in [-0.4, -0.2) is 73.4 Å². The summed E-state index contributed by atoms with van der Waals surface area (Å²) in [6.07, 6.45) is 29.1. The lowest BCUT2D eigenvalue weighted by Crippen LogP contribution is -2.45. The Balaban J connectivity index is 4.76. The van der Waals surface area contributed by atoms with Crippen molar-refractivity contribution in [1.29, 1.82) is 0 Å². The summed E-state index contributed by atoms with van der Waals surface area (Å²) in [5, 5.41) is 13.6. The normalized spacial score (nSPS) is 15.7. The van der Waals surface area contributed by atoms with Crippen LogP contribution in [0.5, 0.6) is 0 Å². The molecule has 1 amide bonds. The van der Waals surface area contributed by atoms with Crippen LogP contribution in [0.1, 0.15) is 104 Å². The number of hydrogen-bond donors (Lipinski definition) is 3. The first-order valence-corrected chi connectivity index (χ1v) is 17.5. The molecule has 0 saturated heterocycles. The molecule has 0 aliphatic rings. The maximum absolute atomic E-state index is 12.7. The molecule has 3 unspecified atom stereocenters. The Morgan fingerprint density at radius 1 is 0.810 bits per heavy atom. The third-order valence-corrected chi connectivity index (χ3v) is 7.49. The summed E-state index contributed by atoms with van der Waals surface area (Å²) in [7, 11) is 1.52. The van der Waals surface area contributed by atoms with Crippen LogP contribution in [0.15, 0.2) is 48.6 Å². The van der Waals surface area contributed by atoms with Gasteiger partial charge in [-0.25, -0.2) is 4.57 Å². The highest BCUT2D eigenvalue weighted by molar-refractivity contribution is 7.47. The van der Waals surface area contributed by atoms with Crippen LogP contribution in [-0.2, 0) is 18.4 Å². The van der Waals surface area contributed by atoms with Crippen molar-refractivity contribution in [2.75, 3.05) is 40.9 Å². The third kappa shape index (κ3) is 27.3. The largest absolute Gasteiger partial charge is 0.472 e. The minimum Gasteiger partial charge on any atom is -0.387 e. The fourth-order valence-electron chi connectivity index (χ4n) is 3.88. The molecule has 9 heteroatoms. The van der Waals surface area contributed by atoms with Gasteiger partial charge in [-0.1, -0.05) is 88.1 Å². The quantitative estimate of drug-likeness (QED) is 0.0386. The summed E-state index contributed by atoms with van der Waals surface area (Å²) in [6.45, 7) is 4.55. The molecular weight excluding hydrogens is 551 g/mol. The standard InChI is InChI=1S/C33H61N2O6P/c1-6-8-10-12-14-16-18-20-22-24-26-32(36)31(30-41-42(38,39)40-29-28-35(3,4)5)34-33(37)27-25-23-21-19-17-15-13-11-9-7-2/h8,10,13,15-16,18,24,26,31-32,36H,6-7,9,11-12,14,17,19-23,25,27-30H2,1-5H3,(H-,34,37,38,39)/p+1/b10-8+,15-13-,18-16+,26-24+. The highest BCUT2D eigenvalue weighted by Gasteiger charge is 2.27. The molecule has 0 aromatic rings. The van der Waals surface area contributed by atoms with Gasteiger partial charge in [0.2, 0.25) is 5.91 Å². The van der Waals surface area contributed by atoms with E-state index in [1.807, 2.05) is 27.2 Å². The van der Waals surface area contributed by atoms with E-state index >= 15 is 0 Å². The molecule has 0 aliphatic carbocycles. The molecule has 0 radical (unpaired) electrons. The fraction of sp³-hybridized carbons (Fsp3) is 0.727. The lowest BCUT2D eigenvalue weighted by atomic mass is 10.1. The van der Waals surface area contributed by atoms with Crippen LogP contribution in [0.25, 0.3) is 0 Å². The van der Waals surface area contributed by atoms with Gasteiger partial charge in [-0.05, 0) is 57.8 Å². The number of hydrogen-bond acceptors (Lipinski definition) is 5. The van der Waals surface area contributed by atoms with Crippen LogP contribution >= 0.6 is 7.82 Å². The molecule has 0 aromatic heterocycles. The van der Waals surface area contributed by atoms with Crippen molar-refractivity contribution in [3.05, 3.63) is 48.6 Å². The molecule has 3 N–H and O–H groups in total. The number of allylic oxidation sites excluding steroid dienone is 7. The second kappa shape index (κ2) is 25.9. The van der Waals surface area contributed by atoms with Gasteiger partial charge in [-0.3, -0.25) is 13.8 Å². The predicted octanol–water partition coefficient (Wildman–Crippen LogP) is 7.40. The van der Waals surface area contributed by atoms with E-state index in [1.165, 1.54) is 12.8 Å². The highest BCUT2D eigenvalue weighted by atomic mass is 31.2. The number of nitrogens with one attached hydrogen (secondary N) is 1. The average Bonchev–Trinajstić information content (AvgIpc) is 2.92. The highest BCUT2D eigenvalue weighted by Crippen LogP contribution is 2.43. The number of aliphatic hydroxyl groups excluding tert-OH is 1. The van der Waals surface area contributed by atoms with Crippen molar-refractivity contribution in [1.82, 2.24) is 5.32 Å². The van der Waals surface area contributed by atoms with Crippen molar-refractivity contribution in [3.8, 4) is 0 Å². The summed E-state index contributed by atoms with van der Waals surface area (Å²) in [6, 6.07) is -0.870. The molecule has 0 aliphatic heterocycles. The first-order chi connectivity index (χ1) is 20.0. The number of phosphoric acid groups is 1. The van der Waals surface area contributed by atoms with E-state index < -0.39 is 20.0 Å². The molecule has 3 atom stereocenters. The maximum Gasteiger partial charge on any atom is 0.472 e. The summed E-state index contributed by atoms with van der Waals surface area (Å²) in [4.78, 5) is 22.8. The number of carbonyl (C=O) groups is 1. The predicted molar refractivity (Wildman–Crippen MR) is 175 cm³/mol. The van der Waals surface area contributed by atoms with Crippen LogP contribution in [0.3, 0.4) is 0 Å². The van der Waals surface area contributed by atoms with Gasteiger partial charge in [0, 0.05) is 6.42 Å². The second-order valence-corrected chi connectivity index (χ2v) is 13.2. The number of quaternary nitrogens is 1. The molecule has 0 saturated carbocycles. The molecule has 0 bridgehead atoms. The van der Waals surface area contributed by atoms with Gasteiger partial charge in [0.1, 0.15) is 13.2 Å². The topological polar surface area (TPSA) is 105 Å². The lowest BCUT2D eigenvalue weighted by molar-refractivity contribution is -0.870. The first kappa shape index (κ1) is 40.5. The van der Waals surface area contributed by atoms with E-state index in [-0.39, 0.29) is 19.1 Å². The summed E-state index contributed by atoms with van der Waals surface area (Å²) < 4.78 is 23.2. The number of likely N-dealkylation sites (N-methyl/N-ethyl adjacent to an activating group) is 1. The third-order valence-electron chi connectivity index (χ3n) is 6.51. The molecule has 0 rings (SSSR count). The summed E-state index contributed by atoms with van der Waals surface area (Å²) in [5.41, 5.74) is 0. The number of nitrogens with zero attached hydrogens (tertiary/aromatic N) is 1. The zero-order valence-corrected chi connectivity index (χ0v) is 28.1. The molecule has 42 heavy (non-hydrogen) atoms. The first-order valence-electron chi connectivity index (χ1n) is 16.0. The number of amides is 1. The molecule has 0 heterocycles. The van der Waals surface area contributed by atoms with Crippen molar-refractivity contribution in [3.63, 3.8) is 0 Å². The van der Waals surface area contributed by atoms with Crippen LogP contribution < -0.4 is 5.32 Å². The number of aliphatic hydroxyl groups is 1. The Hall–Kier alpha value is -1.54. The van der Waals surface area contributed by atoms with E-state index in [9.17, 15) is 19.4 Å². The van der Waals surface area contributed by atoms with E-state index in [0.29, 0.717) is 17.4 Å². The molecule has 244 valence electrons. The number of carbonyl (C=O) groups excluding carboxylic acids is 1. The Labute approximate surface area is 257 Å². The van der Waals surface area contributed by atoms with Gasteiger partial charge in [-0.15, -0.1) is 0 Å². The minimum absolute atomic E-state index is 0.0493.